The molecule has 0 heterocycles. The molecule has 0 aliphatic heterocycles. The van der Waals surface area contributed by atoms with Gasteiger partial charge < -0.3 is 30.8 Å². The normalized spacial score (nSPS) is 16.4. The van der Waals surface area contributed by atoms with E-state index in [0.29, 0.717) is 0 Å². The molecule has 0 unspecified atom stereocenters. The van der Waals surface area contributed by atoms with E-state index in [0.717, 1.165) is 11.1 Å². The van der Waals surface area contributed by atoms with Crippen LogP contribution in [0.3, 0.4) is 0 Å². The van der Waals surface area contributed by atoms with E-state index in [4.69, 9.17) is 5.11 Å². The van der Waals surface area contributed by atoms with E-state index < -0.39 is 36.9 Å². The molecule has 1 rings (SSSR count). The highest BCUT2D eigenvalue weighted by atomic mass is 16.4. The number of rotatable bonds is 8. The van der Waals surface area contributed by atoms with Crippen LogP contribution >= 0.6 is 0 Å². The Kier molecular flexibility index (Phi) is 7.16. The fraction of sp³-hybridized carbons (Fsp3) is 0.400. The molecule has 0 saturated heterocycles. The van der Waals surface area contributed by atoms with Gasteiger partial charge in [0.25, 0.3) is 5.91 Å². The molecular weight excluding hydrogens is 290 g/mol. The molecule has 0 fully saturated rings. The predicted molar refractivity (Wildman–Crippen MR) is 79.5 cm³/mol. The lowest BCUT2D eigenvalue weighted by atomic mass is 10.0. The number of benzene rings is 1. The highest BCUT2D eigenvalue weighted by Gasteiger charge is 2.33. The Bertz CT molecular complexity index is 489. The summed E-state index contributed by atoms with van der Waals surface area (Å²) in [6.45, 7) is 2.94. The Labute approximate surface area is 128 Å². The van der Waals surface area contributed by atoms with Crippen LogP contribution in [0.4, 0.5) is 0 Å². The zero-order chi connectivity index (χ0) is 16.7. The standard InChI is InChI=1S/C15H21NO6/c1-2-9-3-5-10(6-4-9)7-16-15(22)14(21)13(20)12(19)11(18)8-17/h2-6,11-14,17-21H,1,7-8H2,(H,16,22)/t11-,12-,13+,14+/m0/s1. The van der Waals surface area contributed by atoms with Crippen LogP contribution in [-0.4, -0.2) is 62.5 Å². The van der Waals surface area contributed by atoms with Crippen molar-refractivity contribution in [1.82, 2.24) is 5.32 Å². The van der Waals surface area contributed by atoms with Crippen LogP contribution in [0.15, 0.2) is 30.8 Å². The maximum Gasteiger partial charge on any atom is 0.251 e. The van der Waals surface area contributed by atoms with Gasteiger partial charge >= 0.3 is 0 Å². The minimum absolute atomic E-state index is 0.124. The first-order valence-corrected chi connectivity index (χ1v) is 6.73. The van der Waals surface area contributed by atoms with Crippen LogP contribution in [0.1, 0.15) is 11.1 Å². The highest BCUT2D eigenvalue weighted by molar-refractivity contribution is 5.81. The lowest BCUT2D eigenvalue weighted by Gasteiger charge is -2.24. The molecule has 1 amide bonds. The molecule has 0 radical (unpaired) electrons. The van der Waals surface area contributed by atoms with E-state index in [2.05, 4.69) is 11.9 Å². The Morgan fingerprint density at radius 3 is 2.23 bits per heavy atom. The van der Waals surface area contributed by atoms with Crippen molar-refractivity contribution in [2.45, 2.75) is 31.0 Å². The molecule has 7 nitrogen and oxygen atoms in total. The smallest absolute Gasteiger partial charge is 0.251 e. The third-order valence-electron chi connectivity index (χ3n) is 3.21. The number of carbonyl (C=O) groups is 1. The Balaban J connectivity index is 2.54. The fourth-order valence-electron chi connectivity index (χ4n) is 1.74. The van der Waals surface area contributed by atoms with Crippen molar-refractivity contribution in [3.05, 3.63) is 42.0 Å². The minimum atomic E-state index is -1.93. The lowest BCUT2D eigenvalue weighted by molar-refractivity contribution is -0.149. The SMILES string of the molecule is C=Cc1ccc(CNC(=O)[C@H](O)[C@H](O)[C@@H](O)[C@@H](O)CO)cc1. The summed E-state index contributed by atoms with van der Waals surface area (Å²) in [4.78, 5) is 11.7. The first-order chi connectivity index (χ1) is 10.4. The molecule has 0 aromatic heterocycles. The summed E-state index contributed by atoms with van der Waals surface area (Å²) in [7, 11) is 0. The number of aliphatic hydroxyl groups is 5. The Hall–Kier alpha value is -1.77. The summed E-state index contributed by atoms with van der Waals surface area (Å²) in [6.07, 6.45) is -5.65. The molecule has 7 heteroatoms. The van der Waals surface area contributed by atoms with Gasteiger partial charge in [0.1, 0.15) is 18.3 Å². The van der Waals surface area contributed by atoms with Gasteiger partial charge in [-0.15, -0.1) is 0 Å². The topological polar surface area (TPSA) is 130 Å². The Morgan fingerprint density at radius 1 is 1.14 bits per heavy atom. The molecule has 0 saturated carbocycles. The summed E-state index contributed by atoms with van der Waals surface area (Å²) >= 11 is 0. The van der Waals surface area contributed by atoms with Gasteiger partial charge in [-0.25, -0.2) is 0 Å². The number of hydrogen-bond donors (Lipinski definition) is 6. The lowest BCUT2D eigenvalue weighted by Crippen LogP contribution is -2.51. The number of nitrogens with one attached hydrogen (secondary N) is 1. The molecule has 0 bridgehead atoms. The number of aliphatic hydroxyl groups excluding tert-OH is 5. The first-order valence-electron chi connectivity index (χ1n) is 6.73. The van der Waals surface area contributed by atoms with Crippen molar-refractivity contribution in [2.24, 2.45) is 0 Å². The third-order valence-corrected chi connectivity index (χ3v) is 3.21. The molecule has 1 aromatic rings. The second kappa shape index (κ2) is 8.62. The Morgan fingerprint density at radius 2 is 1.73 bits per heavy atom. The molecule has 0 aliphatic rings. The van der Waals surface area contributed by atoms with Crippen LogP contribution in [0.25, 0.3) is 6.08 Å². The molecule has 0 aliphatic carbocycles. The highest BCUT2D eigenvalue weighted by Crippen LogP contribution is 2.07. The second-order valence-electron chi connectivity index (χ2n) is 4.84. The summed E-state index contributed by atoms with van der Waals surface area (Å²) < 4.78 is 0. The van der Waals surface area contributed by atoms with Crippen LogP contribution in [0, 0.1) is 0 Å². The summed E-state index contributed by atoms with van der Waals surface area (Å²) in [5.74, 6) is -0.899. The van der Waals surface area contributed by atoms with Gasteiger partial charge in [0.2, 0.25) is 0 Å². The number of carbonyl (C=O) groups excluding carboxylic acids is 1. The van der Waals surface area contributed by atoms with Gasteiger partial charge in [-0.05, 0) is 11.1 Å². The van der Waals surface area contributed by atoms with E-state index in [1.165, 1.54) is 0 Å². The van der Waals surface area contributed by atoms with Crippen molar-refractivity contribution in [3.8, 4) is 0 Å². The summed E-state index contributed by atoms with van der Waals surface area (Å²) in [5, 5.41) is 48.9. The van der Waals surface area contributed by atoms with Crippen molar-refractivity contribution < 1.29 is 30.3 Å². The quantitative estimate of drug-likeness (QED) is 0.342. The average molecular weight is 311 g/mol. The largest absolute Gasteiger partial charge is 0.394 e. The van der Waals surface area contributed by atoms with E-state index in [1.54, 1.807) is 30.3 Å². The van der Waals surface area contributed by atoms with Crippen LogP contribution < -0.4 is 5.32 Å². The summed E-state index contributed by atoms with van der Waals surface area (Å²) in [5.41, 5.74) is 1.70. The zero-order valence-corrected chi connectivity index (χ0v) is 12.0. The van der Waals surface area contributed by atoms with Gasteiger partial charge in [-0.3, -0.25) is 4.79 Å². The maximum absolute atomic E-state index is 11.7. The maximum atomic E-state index is 11.7. The predicted octanol–water partition coefficient (Wildman–Crippen LogP) is -1.62. The van der Waals surface area contributed by atoms with Gasteiger partial charge in [0, 0.05) is 6.54 Å². The number of amides is 1. The zero-order valence-electron chi connectivity index (χ0n) is 12.0. The van der Waals surface area contributed by atoms with Crippen molar-refractivity contribution in [1.29, 1.82) is 0 Å². The molecule has 1 aromatic carbocycles. The van der Waals surface area contributed by atoms with Gasteiger partial charge in [0.15, 0.2) is 6.10 Å². The van der Waals surface area contributed by atoms with Crippen molar-refractivity contribution in [2.75, 3.05) is 6.61 Å². The second-order valence-corrected chi connectivity index (χ2v) is 4.84. The fourth-order valence-corrected chi connectivity index (χ4v) is 1.74. The van der Waals surface area contributed by atoms with E-state index in [-0.39, 0.29) is 6.54 Å². The molecule has 0 spiro atoms. The van der Waals surface area contributed by atoms with Crippen LogP contribution in [-0.2, 0) is 11.3 Å². The van der Waals surface area contributed by atoms with E-state index >= 15 is 0 Å². The van der Waals surface area contributed by atoms with Crippen LogP contribution in [0.2, 0.25) is 0 Å². The molecule has 4 atom stereocenters. The van der Waals surface area contributed by atoms with Gasteiger partial charge in [0.05, 0.1) is 6.61 Å². The molecule has 22 heavy (non-hydrogen) atoms. The van der Waals surface area contributed by atoms with Gasteiger partial charge in [-0.1, -0.05) is 36.9 Å². The third kappa shape index (κ3) is 4.90. The minimum Gasteiger partial charge on any atom is -0.394 e. The average Bonchev–Trinajstić information content (AvgIpc) is 2.57. The van der Waals surface area contributed by atoms with Crippen molar-refractivity contribution >= 4 is 12.0 Å². The van der Waals surface area contributed by atoms with Crippen molar-refractivity contribution in [3.63, 3.8) is 0 Å². The molecule has 122 valence electrons. The molecule has 6 N–H and O–H groups in total. The van der Waals surface area contributed by atoms with E-state index in [9.17, 15) is 25.2 Å². The van der Waals surface area contributed by atoms with E-state index in [1.807, 2.05) is 0 Å². The monoisotopic (exact) mass is 311 g/mol. The molecular formula is C15H21NO6. The first kappa shape index (κ1) is 18.3. The summed E-state index contributed by atoms with van der Waals surface area (Å²) in [6, 6.07) is 7.15. The van der Waals surface area contributed by atoms with Gasteiger partial charge in [-0.2, -0.15) is 0 Å². The van der Waals surface area contributed by atoms with Crippen LogP contribution in [0.5, 0.6) is 0 Å². The number of hydrogen-bond acceptors (Lipinski definition) is 6.